The number of nitrogens with two attached hydrogens (primary N) is 1. The monoisotopic (exact) mass is 193 g/mol. The molecule has 76 valence electrons. The molecular formula is C10H15N3O. The Morgan fingerprint density at radius 2 is 2.07 bits per heavy atom. The molecule has 4 nitrogen and oxygen atoms in total. The lowest BCUT2D eigenvalue weighted by atomic mass is 10.1. The van der Waals surface area contributed by atoms with Gasteiger partial charge in [-0.05, 0) is 30.7 Å². The highest BCUT2D eigenvalue weighted by Gasteiger charge is 2.04. The van der Waals surface area contributed by atoms with Crippen LogP contribution in [0.25, 0.3) is 0 Å². The number of nitrogens with zero attached hydrogens (tertiary/aromatic N) is 2. The van der Waals surface area contributed by atoms with E-state index in [-0.39, 0.29) is 5.84 Å². The molecule has 0 atom stereocenters. The van der Waals surface area contributed by atoms with Crippen LogP contribution >= 0.6 is 0 Å². The molecule has 0 spiro atoms. The molecule has 4 heteroatoms. The van der Waals surface area contributed by atoms with Gasteiger partial charge < -0.3 is 15.8 Å². The third-order valence-electron chi connectivity index (χ3n) is 2.08. The molecule has 0 heterocycles. The van der Waals surface area contributed by atoms with Crippen molar-refractivity contribution in [3.63, 3.8) is 0 Å². The Balaban J connectivity index is 3.13. The average molecular weight is 193 g/mol. The Morgan fingerprint density at radius 3 is 2.50 bits per heavy atom. The highest BCUT2D eigenvalue weighted by Crippen LogP contribution is 2.18. The van der Waals surface area contributed by atoms with Crippen molar-refractivity contribution in [1.29, 1.82) is 0 Å². The summed E-state index contributed by atoms with van der Waals surface area (Å²) in [6.45, 7) is 1.99. The highest BCUT2D eigenvalue weighted by atomic mass is 16.4. The number of aryl methyl sites for hydroxylation is 1. The second-order valence-corrected chi connectivity index (χ2v) is 3.38. The summed E-state index contributed by atoms with van der Waals surface area (Å²) in [5, 5.41) is 11.5. The van der Waals surface area contributed by atoms with E-state index < -0.39 is 0 Å². The second-order valence-electron chi connectivity index (χ2n) is 3.38. The molecule has 0 aliphatic heterocycles. The largest absolute Gasteiger partial charge is 0.409 e. The van der Waals surface area contributed by atoms with E-state index in [2.05, 4.69) is 5.16 Å². The summed E-state index contributed by atoms with van der Waals surface area (Å²) in [4.78, 5) is 2.02. The van der Waals surface area contributed by atoms with Crippen LogP contribution in [0.2, 0.25) is 0 Å². The number of oxime groups is 1. The molecule has 1 aromatic rings. The number of hydrogen-bond acceptors (Lipinski definition) is 3. The fourth-order valence-corrected chi connectivity index (χ4v) is 1.37. The van der Waals surface area contributed by atoms with Crippen LogP contribution in [0.1, 0.15) is 11.1 Å². The van der Waals surface area contributed by atoms with E-state index in [1.54, 1.807) is 0 Å². The number of benzene rings is 1. The minimum atomic E-state index is 0.137. The molecule has 0 saturated heterocycles. The maximum atomic E-state index is 8.51. The molecule has 1 rings (SSSR count). The van der Waals surface area contributed by atoms with Gasteiger partial charge in [-0.25, -0.2) is 0 Å². The molecule has 0 aromatic heterocycles. The molecule has 3 N–H and O–H groups in total. The van der Waals surface area contributed by atoms with Crippen LogP contribution in [0.5, 0.6) is 0 Å². The van der Waals surface area contributed by atoms with Crippen molar-refractivity contribution >= 4 is 11.5 Å². The van der Waals surface area contributed by atoms with Gasteiger partial charge in [0, 0.05) is 25.3 Å². The van der Waals surface area contributed by atoms with Gasteiger partial charge in [-0.1, -0.05) is 5.16 Å². The minimum Gasteiger partial charge on any atom is -0.409 e. The molecule has 0 aliphatic rings. The zero-order valence-corrected chi connectivity index (χ0v) is 8.65. The molecule has 0 bridgehead atoms. The quantitative estimate of drug-likeness (QED) is 0.320. The summed E-state index contributed by atoms with van der Waals surface area (Å²) in [5.41, 5.74) is 8.43. The summed E-state index contributed by atoms with van der Waals surface area (Å²) >= 11 is 0. The number of anilines is 1. The molecule has 0 aliphatic carbocycles. The molecule has 0 saturated carbocycles. The summed E-state index contributed by atoms with van der Waals surface area (Å²) in [6, 6.07) is 5.67. The van der Waals surface area contributed by atoms with Crippen LogP contribution in [0.3, 0.4) is 0 Å². The first-order valence-electron chi connectivity index (χ1n) is 4.32. The normalized spacial score (nSPS) is 11.5. The molecule has 0 unspecified atom stereocenters. The first-order valence-corrected chi connectivity index (χ1v) is 4.32. The van der Waals surface area contributed by atoms with Crippen molar-refractivity contribution in [2.24, 2.45) is 10.9 Å². The summed E-state index contributed by atoms with van der Waals surface area (Å²) in [5.74, 6) is 0.137. The Morgan fingerprint density at radius 1 is 1.43 bits per heavy atom. The number of hydrogen-bond donors (Lipinski definition) is 2. The molecule has 14 heavy (non-hydrogen) atoms. The molecule has 0 radical (unpaired) electrons. The van der Waals surface area contributed by atoms with Gasteiger partial charge in [0.2, 0.25) is 0 Å². The Bertz CT molecular complexity index is 358. The molecular weight excluding hydrogens is 178 g/mol. The SMILES string of the molecule is Cc1cc(/C(N)=N/O)ccc1N(C)C. The van der Waals surface area contributed by atoms with Gasteiger partial charge in [-0.15, -0.1) is 0 Å². The highest BCUT2D eigenvalue weighted by molar-refractivity contribution is 5.97. The standard InChI is InChI=1S/C10H15N3O/c1-7-6-8(10(11)12-14)4-5-9(7)13(2)3/h4-6,14H,1-3H3,(H2,11,12). The lowest BCUT2D eigenvalue weighted by molar-refractivity contribution is 0.318. The second kappa shape index (κ2) is 4.00. The van der Waals surface area contributed by atoms with E-state index in [1.807, 2.05) is 44.1 Å². The first-order chi connectivity index (χ1) is 6.56. The molecule has 0 amide bonds. The van der Waals surface area contributed by atoms with Crippen LogP contribution in [0, 0.1) is 6.92 Å². The predicted molar refractivity (Wildman–Crippen MR) is 58.0 cm³/mol. The fourth-order valence-electron chi connectivity index (χ4n) is 1.37. The van der Waals surface area contributed by atoms with E-state index in [0.717, 1.165) is 16.8 Å². The van der Waals surface area contributed by atoms with E-state index in [9.17, 15) is 0 Å². The maximum absolute atomic E-state index is 8.51. The van der Waals surface area contributed by atoms with Crippen molar-refractivity contribution in [3.05, 3.63) is 29.3 Å². The Hall–Kier alpha value is -1.71. The Labute approximate surface area is 83.6 Å². The summed E-state index contributed by atoms with van der Waals surface area (Å²) in [6.07, 6.45) is 0. The summed E-state index contributed by atoms with van der Waals surface area (Å²) < 4.78 is 0. The lowest BCUT2D eigenvalue weighted by Gasteiger charge is -2.15. The van der Waals surface area contributed by atoms with Crippen molar-refractivity contribution < 1.29 is 5.21 Å². The maximum Gasteiger partial charge on any atom is 0.170 e. The van der Waals surface area contributed by atoms with Gasteiger partial charge in [0.05, 0.1) is 0 Å². The van der Waals surface area contributed by atoms with E-state index >= 15 is 0 Å². The van der Waals surface area contributed by atoms with Crippen LogP contribution in [-0.4, -0.2) is 25.1 Å². The zero-order chi connectivity index (χ0) is 10.7. The van der Waals surface area contributed by atoms with Gasteiger partial charge in [-0.3, -0.25) is 0 Å². The first kappa shape index (κ1) is 10.4. The third-order valence-corrected chi connectivity index (χ3v) is 2.08. The fraction of sp³-hybridized carbons (Fsp3) is 0.300. The average Bonchev–Trinajstić information content (AvgIpc) is 2.15. The van der Waals surface area contributed by atoms with E-state index in [4.69, 9.17) is 10.9 Å². The Kier molecular flexibility index (Phi) is 2.96. The van der Waals surface area contributed by atoms with Gasteiger partial charge in [0.1, 0.15) is 0 Å². The number of rotatable bonds is 2. The van der Waals surface area contributed by atoms with Gasteiger partial charge >= 0.3 is 0 Å². The lowest BCUT2D eigenvalue weighted by Crippen LogP contribution is -2.15. The van der Waals surface area contributed by atoms with Crippen molar-refractivity contribution in [1.82, 2.24) is 0 Å². The van der Waals surface area contributed by atoms with Gasteiger partial charge in [0.15, 0.2) is 5.84 Å². The summed E-state index contributed by atoms with van der Waals surface area (Å²) in [7, 11) is 3.96. The number of amidine groups is 1. The molecule has 0 fully saturated rings. The third kappa shape index (κ3) is 1.96. The van der Waals surface area contributed by atoms with Crippen molar-refractivity contribution in [2.75, 3.05) is 19.0 Å². The van der Waals surface area contributed by atoms with Crippen LogP contribution < -0.4 is 10.6 Å². The van der Waals surface area contributed by atoms with Crippen LogP contribution in [-0.2, 0) is 0 Å². The molecule has 1 aromatic carbocycles. The zero-order valence-electron chi connectivity index (χ0n) is 8.65. The predicted octanol–water partition coefficient (Wildman–Crippen LogP) is 1.16. The van der Waals surface area contributed by atoms with Crippen molar-refractivity contribution in [2.45, 2.75) is 6.92 Å². The van der Waals surface area contributed by atoms with E-state index in [1.165, 1.54) is 0 Å². The van der Waals surface area contributed by atoms with Gasteiger partial charge in [0.25, 0.3) is 0 Å². The van der Waals surface area contributed by atoms with E-state index in [0.29, 0.717) is 0 Å². The topological polar surface area (TPSA) is 61.9 Å². The minimum absolute atomic E-state index is 0.137. The van der Waals surface area contributed by atoms with Gasteiger partial charge in [-0.2, -0.15) is 0 Å². The van der Waals surface area contributed by atoms with Crippen molar-refractivity contribution in [3.8, 4) is 0 Å². The van der Waals surface area contributed by atoms with Crippen LogP contribution in [0.15, 0.2) is 23.4 Å². The van der Waals surface area contributed by atoms with Crippen LogP contribution in [0.4, 0.5) is 5.69 Å². The smallest absolute Gasteiger partial charge is 0.170 e.